The summed E-state index contributed by atoms with van der Waals surface area (Å²) in [4.78, 5) is 8.98. The van der Waals surface area contributed by atoms with Crippen LogP contribution < -0.4 is 0 Å². The number of allylic oxidation sites excluding steroid dienone is 2. The maximum atomic E-state index is 4.33. The van der Waals surface area contributed by atoms with E-state index in [1.54, 1.807) is 12.3 Å². The van der Waals surface area contributed by atoms with Gasteiger partial charge in [-0.2, -0.15) is 0 Å². The molecular formula is C11H19N3. The lowest BCUT2D eigenvalue weighted by Crippen LogP contribution is -2.46. The van der Waals surface area contributed by atoms with Gasteiger partial charge in [0.1, 0.15) is 5.84 Å². The summed E-state index contributed by atoms with van der Waals surface area (Å²) in [6.45, 7) is 10.1. The first-order chi connectivity index (χ1) is 6.74. The molecule has 0 aromatic carbocycles. The van der Waals surface area contributed by atoms with E-state index >= 15 is 0 Å². The fraction of sp³-hybridized carbons (Fsp3) is 0.545. The lowest BCUT2D eigenvalue weighted by Gasteiger charge is -2.33. The maximum Gasteiger partial charge on any atom is 0.101 e. The van der Waals surface area contributed by atoms with Crippen molar-refractivity contribution in [3.63, 3.8) is 0 Å². The second-order valence-corrected chi connectivity index (χ2v) is 3.54. The van der Waals surface area contributed by atoms with Gasteiger partial charge in [-0.15, -0.1) is 0 Å². The highest BCUT2D eigenvalue weighted by molar-refractivity contribution is 5.80. The molecule has 3 heteroatoms. The Kier molecular flexibility index (Phi) is 4.40. The molecule has 1 aliphatic rings. The van der Waals surface area contributed by atoms with Gasteiger partial charge in [0.15, 0.2) is 0 Å². The first-order valence-corrected chi connectivity index (χ1v) is 4.99. The highest BCUT2D eigenvalue weighted by Crippen LogP contribution is 2.00. The van der Waals surface area contributed by atoms with Gasteiger partial charge in [-0.05, 0) is 20.0 Å². The minimum Gasteiger partial charge on any atom is -0.358 e. The topological polar surface area (TPSA) is 18.8 Å². The number of nitrogens with zero attached hydrogens (tertiary/aromatic N) is 3. The molecule has 0 bridgehead atoms. The average Bonchev–Trinajstić information content (AvgIpc) is 2.19. The second-order valence-electron chi connectivity index (χ2n) is 3.54. The largest absolute Gasteiger partial charge is 0.358 e. The van der Waals surface area contributed by atoms with Crippen LogP contribution in [0.2, 0.25) is 0 Å². The molecule has 0 aromatic rings. The molecule has 0 aromatic heterocycles. The monoisotopic (exact) mass is 193 g/mol. The quantitative estimate of drug-likeness (QED) is 0.374. The highest BCUT2D eigenvalue weighted by Gasteiger charge is 2.13. The van der Waals surface area contributed by atoms with E-state index in [1.807, 2.05) is 6.08 Å². The molecule has 0 atom stereocenters. The zero-order valence-corrected chi connectivity index (χ0v) is 9.11. The molecular weight excluding hydrogens is 174 g/mol. The minimum absolute atomic E-state index is 1.08. The lowest BCUT2D eigenvalue weighted by atomic mass is 10.3. The summed E-state index contributed by atoms with van der Waals surface area (Å²) in [5.41, 5.74) is 0. The first kappa shape index (κ1) is 11.0. The Morgan fingerprint density at radius 2 is 1.93 bits per heavy atom. The zero-order valence-electron chi connectivity index (χ0n) is 9.11. The van der Waals surface area contributed by atoms with Gasteiger partial charge >= 0.3 is 0 Å². The molecule has 0 unspecified atom stereocenters. The molecule has 1 saturated heterocycles. The zero-order chi connectivity index (χ0) is 10.4. The third-order valence-corrected chi connectivity index (χ3v) is 2.44. The van der Waals surface area contributed by atoms with E-state index in [0.717, 1.165) is 32.0 Å². The second kappa shape index (κ2) is 5.60. The van der Waals surface area contributed by atoms with Crippen LogP contribution in [0.5, 0.6) is 0 Å². The van der Waals surface area contributed by atoms with Gasteiger partial charge in [-0.1, -0.05) is 12.7 Å². The van der Waals surface area contributed by atoms with Crippen molar-refractivity contribution in [3.8, 4) is 0 Å². The van der Waals surface area contributed by atoms with Crippen molar-refractivity contribution in [1.82, 2.24) is 9.80 Å². The van der Waals surface area contributed by atoms with Gasteiger partial charge < -0.3 is 9.80 Å². The van der Waals surface area contributed by atoms with Crippen LogP contribution in [0.4, 0.5) is 0 Å². The molecule has 3 nitrogen and oxygen atoms in total. The predicted octanol–water partition coefficient (Wildman–Crippen LogP) is 1.35. The standard InChI is InChI=1S/C11H19N3/c1-4-5-6-12-11(2)14-9-7-13(3)8-10-14/h4-6H,1,7-10H2,2-3H3/b6-5-,12-11+. The fourth-order valence-corrected chi connectivity index (χ4v) is 1.42. The van der Waals surface area contributed by atoms with Crippen LogP contribution in [0.25, 0.3) is 0 Å². The van der Waals surface area contributed by atoms with E-state index in [-0.39, 0.29) is 0 Å². The van der Waals surface area contributed by atoms with E-state index in [9.17, 15) is 0 Å². The summed E-state index contributed by atoms with van der Waals surface area (Å²) >= 11 is 0. The van der Waals surface area contributed by atoms with Gasteiger partial charge in [0, 0.05) is 32.4 Å². The molecule has 0 spiro atoms. The Balaban J connectivity index is 2.44. The third-order valence-electron chi connectivity index (χ3n) is 2.44. The summed E-state index contributed by atoms with van der Waals surface area (Å²) in [6, 6.07) is 0. The van der Waals surface area contributed by atoms with Crippen molar-refractivity contribution >= 4 is 5.84 Å². The summed E-state index contributed by atoms with van der Waals surface area (Å²) < 4.78 is 0. The molecule has 0 aliphatic carbocycles. The van der Waals surface area contributed by atoms with Crippen molar-refractivity contribution in [3.05, 3.63) is 24.9 Å². The van der Waals surface area contributed by atoms with Crippen LogP contribution in [0.3, 0.4) is 0 Å². The number of likely N-dealkylation sites (N-methyl/N-ethyl adjacent to an activating group) is 1. The van der Waals surface area contributed by atoms with Gasteiger partial charge in [-0.25, -0.2) is 4.99 Å². The lowest BCUT2D eigenvalue weighted by molar-refractivity contribution is 0.215. The van der Waals surface area contributed by atoms with Gasteiger partial charge in [-0.3, -0.25) is 0 Å². The number of rotatable bonds is 2. The average molecular weight is 193 g/mol. The fourth-order valence-electron chi connectivity index (χ4n) is 1.42. The molecule has 0 radical (unpaired) electrons. The Labute approximate surface area is 86.4 Å². The normalized spacial score (nSPS) is 20.4. The molecule has 1 heterocycles. The van der Waals surface area contributed by atoms with Crippen LogP contribution in [0.15, 0.2) is 29.9 Å². The van der Waals surface area contributed by atoms with Crippen LogP contribution in [0, 0.1) is 0 Å². The predicted molar refractivity (Wildman–Crippen MR) is 61.5 cm³/mol. The Morgan fingerprint density at radius 3 is 2.50 bits per heavy atom. The number of hydrogen-bond donors (Lipinski definition) is 0. The Hall–Kier alpha value is -1.09. The Morgan fingerprint density at radius 1 is 1.29 bits per heavy atom. The van der Waals surface area contributed by atoms with Crippen molar-refractivity contribution in [2.45, 2.75) is 6.92 Å². The number of piperazine rings is 1. The van der Waals surface area contributed by atoms with Crippen LogP contribution >= 0.6 is 0 Å². The van der Waals surface area contributed by atoms with Crippen LogP contribution in [-0.4, -0.2) is 48.9 Å². The van der Waals surface area contributed by atoms with Gasteiger partial charge in [0.2, 0.25) is 0 Å². The third kappa shape index (κ3) is 3.34. The summed E-state index contributed by atoms with van der Waals surface area (Å²) in [6.07, 6.45) is 5.38. The molecule has 0 N–H and O–H groups in total. The van der Waals surface area contributed by atoms with Crippen LogP contribution in [0.1, 0.15) is 6.92 Å². The summed E-state index contributed by atoms with van der Waals surface area (Å²) in [5.74, 6) is 1.09. The summed E-state index contributed by atoms with van der Waals surface area (Å²) in [5, 5.41) is 0. The van der Waals surface area contributed by atoms with Crippen molar-refractivity contribution in [2.75, 3.05) is 33.2 Å². The van der Waals surface area contributed by atoms with Gasteiger partial charge in [0.05, 0.1) is 0 Å². The molecule has 1 aliphatic heterocycles. The molecule has 14 heavy (non-hydrogen) atoms. The molecule has 1 rings (SSSR count). The molecule has 78 valence electrons. The molecule has 0 amide bonds. The van der Waals surface area contributed by atoms with Crippen molar-refractivity contribution < 1.29 is 0 Å². The summed E-state index contributed by atoms with van der Waals surface area (Å²) in [7, 11) is 2.15. The number of aliphatic imine (C=N–C) groups is 1. The number of amidine groups is 1. The molecule has 0 saturated carbocycles. The van der Waals surface area contributed by atoms with Gasteiger partial charge in [0.25, 0.3) is 0 Å². The van der Waals surface area contributed by atoms with E-state index in [0.29, 0.717) is 0 Å². The maximum absolute atomic E-state index is 4.33. The Bertz CT molecular complexity index is 235. The molecule has 1 fully saturated rings. The van der Waals surface area contributed by atoms with E-state index in [2.05, 4.69) is 35.3 Å². The van der Waals surface area contributed by atoms with Crippen molar-refractivity contribution in [2.24, 2.45) is 4.99 Å². The number of hydrogen-bond acceptors (Lipinski definition) is 2. The van der Waals surface area contributed by atoms with Crippen LogP contribution in [-0.2, 0) is 0 Å². The minimum atomic E-state index is 1.08. The van der Waals surface area contributed by atoms with E-state index in [1.165, 1.54) is 0 Å². The first-order valence-electron chi connectivity index (χ1n) is 4.99. The van der Waals surface area contributed by atoms with E-state index in [4.69, 9.17) is 0 Å². The van der Waals surface area contributed by atoms with E-state index < -0.39 is 0 Å². The van der Waals surface area contributed by atoms with Crippen molar-refractivity contribution in [1.29, 1.82) is 0 Å². The smallest absolute Gasteiger partial charge is 0.101 e. The SMILES string of the molecule is C=C/C=C\N=C(/C)N1CCN(C)CC1. The highest BCUT2D eigenvalue weighted by atomic mass is 15.3.